The third-order valence-electron chi connectivity index (χ3n) is 6.32. The lowest BCUT2D eigenvalue weighted by atomic mass is 10.1. The Morgan fingerprint density at radius 3 is 1.94 bits per heavy atom. The fourth-order valence-electron chi connectivity index (χ4n) is 4.28. The number of carbonyl (C=O) groups is 1. The maximum atomic E-state index is 11.6. The van der Waals surface area contributed by atoms with Gasteiger partial charge >= 0.3 is 5.97 Å². The lowest BCUT2D eigenvalue weighted by molar-refractivity contribution is 0.0524. The maximum Gasteiger partial charge on any atom is 0.341 e. The molecule has 2 aliphatic heterocycles. The van der Waals surface area contributed by atoms with Gasteiger partial charge in [0, 0.05) is 44.1 Å². The molecule has 0 radical (unpaired) electrons. The first kappa shape index (κ1) is 26.6. The lowest BCUT2D eigenvalue weighted by Gasteiger charge is -2.27. The normalized spacial score (nSPS) is 15.9. The zero-order valence-corrected chi connectivity index (χ0v) is 21.9. The van der Waals surface area contributed by atoms with Crippen molar-refractivity contribution in [3.63, 3.8) is 0 Å². The zero-order valence-electron chi connectivity index (χ0n) is 21.9. The van der Waals surface area contributed by atoms with Crippen molar-refractivity contribution in [1.29, 1.82) is 0 Å². The molecule has 9 nitrogen and oxygen atoms in total. The van der Waals surface area contributed by atoms with E-state index in [4.69, 9.17) is 9.47 Å². The average Bonchev–Trinajstić information content (AvgIpc) is 2.89. The number of hydrogen-bond donors (Lipinski definition) is 0. The van der Waals surface area contributed by atoms with Crippen molar-refractivity contribution in [2.75, 3.05) is 49.7 Å². The van der Waals surface area contributed by atoms with Crippen molar-refractivity contribution in [3.05, 3.63) is 29.2 Å². The van der Waals surface area contributed by atoms with E-state index >= 15 is 0 Å². The molecule has 2 fully saturated rings. The Kier molecular flexibility index (Phi) is 10.0. The van der Waals surface area contributed by atoms with Crippen LogP contribution in [0.1, 0.15) is 86.8 Å². The maximum absolute atomic E-state index is 11.6. The standard InChI is InChI=1S/C13H19N3O2.C13H21N3O/c1-3-18-12(17)11-9-14-13(15-10(11)2)16-7-5-4-6-8-16;1-10(2)11-9-14-13(15-12(11)17-3)16-7-5-4-6-8-16/h9H,3-8H2,1-2H3;9-10H,4-8H2,1-3H3. The highest BCUT2D eigenvalue weighted by Gasteiger charge is 2.18. The van der Waals surface area contributed by atoms with Crippen LogP contribution < -0.4 is 14.5 Å². The predicted molar refractivity (Wildman–Crippen MR) is 138 cm³/mol. The Morgan fingerprint density at radius 1 is 0.914 bits per heavy atom. The minimum Gasteiger partial charge on any atom is -0.481 e. The highest BCUT2D eigenvalue weighted by atomic mass is 16.5. The minimum atomic E-state index is -0.347. The number of rotatable bonds is 6. The van der Waals surface area contributed by atoms with Gasteiger partial charge in [-0.15, -0.1) is 0 Å². The first-order chi connectivity index (χ1) is 16.9. The zero-order chi connectivity index (χ0) is 25.2. The summed E-state index contributed by atoms with van der Waals surface area (Å²) in [6.07, 6.45) is 10.9. The number of aromatic nitrogens is 4. The van der Waals surface area contributed by atoms with E-state index in [1.54, 1.807) is 20.2 Å². The summed E-state index contributed by atoms with van der Waals surface area (Å²) in [4.78, 5) is 33.7. The molecule has 4 heterocycles. The molecule has 2 saturated heterocycles. The van der Waals surface area contributed by atoms with Gasteiger partial charge in [-0.05, 0) is 58.3 Å². The molecule has 0 N–H and O–H groups in total. The summed E-state index contributed by atoms with van der Waals surface area (Å²) in [5.74, 6) is 2.29. The highest BCUT2D eigenvalue weighted by Crippen LogP contribution is 2.26. The number of piperidine rings is 2. The van der Waals surface area contributed by atoms with Crippen LogP contribution in [0.4, 0.5) is 11.9 Å². The third-order valence-corrected chi connectivity index (χ3v) is 6.32. The van der Waals surface area contributed by atoms with Crippen LogP contribution in [-0.2, 0) is 4.74 Å². The van der Waals surface area contributed by atoms with Gasteiger partial charge in [0.15, 0.2) is 0 Å². The fraction of sp³-hybridized carbons (Fsp3) is 0.654. The summed E-state index contributed by atoms with van der Waals surface area (Å²) in [7, 11) is 1.67. The molecule has 0 atom stereocenters. The predicted octanol–water partition coefficient (Wildman–Crippen LogP) is 4.55. The molecule has 0 aromatic carbocycles. The van der Waals surface area contributed by atoms with Gasteiger partial charge in [0.1, 0.15) is 0 Å². The Bertz CT molecular complexity index is 956. The first-order valence-electron chi connectivity index (χ1n) is 12.9. The van der Waals surface area contributed by atoms with Crippen molar-refractivity contribution < 1.29 is 14.3 Å². The number of hydrogen-bond acceptors (Lipinski definition) is 9. The van der Waals surface area contributed by atoms with Crippen molar-refractivity contribution in [2.45, 2.75) is 72.1 Å². The average molecular weight is 485 g/mol. The van der Waals surface area contributed by atoms with Crippen LogP contribution in [0, 0.1) is 6.92 Å². The quantitative estimate of drug-likeness (QED) is 0.547. The van der Waals surface area contributed by atoms with E-state index in [0.29, 0.717) is 23.8 Å². The lowest BCUT2D eigenvalue weighted by Crippen LogP contribution is -2.31. The summed E-state index contributed by atoms with van der Waals surface area (Å²) in [6.45, 7) is 12.3. The molecule has 0 aliphatic carbocycles. The Morgan fingerprint density at radius 2 is 1.46 bits per heavy atom. The van der Waals surface area contributed by atoms with Crippen LogP contribution in [0.2, 0.25) is 0 Å². The summed E-state index contributed by atoms with van der Waals surface area (Å²) in [5.41, 5.74) is 2.22. The van der Waals surface area contributed by atoms with Crippen LogP contribution in [-0.4, -0.2) is 65.8 Å². The van der Waals surface area contributed by atoms with Gasteiger partial charge in [0.2, 0.25) is 17.8 Å². The number of methoxy groups -OCH3 is 1. The van der Waals surface area contributed by atoms with Crippen molar-refractivity contribution in [3.8, 4) is 5.88 Å². The van der Waals surface area contributed by atoms with Crippen LogP contribution in [0.25, 0.3) is 0 Å². The largest absolute Gasteiger partial charge is 0.481 e. The monoisotopic (exact) mass is 484 g/mol. The molecule has 0 bridgehead atoms. The van der Waals surface area contributed by atoms with Gasteiger partial charge in [-0.2, -0.15) is 4.98 Å². The molecular weight excluding hydrogens is 444 g/mol. The van der Waals surface area contributed by atoms with Crippen LogP contribution in [0.15, 0.2) is 12.4 Å². The smallest absolute Gasteiger partial charge is 0.341 e. The number of anilines is 2. The number of carbonyl (C=O) groups excluding carboxylic acids is 1. The molecule has 2 aromatic heterocycles. The summed E-state index contributed by atoms with van der Waals surface area (Å²) < 4.78 is 10.3. The number of ether oxygens (including phenoxy) is 2. The van der Waals surface area contributed by atoms with E-state index in [0.717, 1.165) is 49.5 Å². The van der Waals surface area contributed by atoms with E-state index in [1.165, 1.54) is 38.5 Å². The van der Waals surface area contributed by atoms with E-state index in [1.807, 2.05) is 13.1 Å². The molecule has 9 heteroatoms. The van der Waals surface area contributed by atoms with Gasteiger partial charge in [-0.25, -0.2) is 19.7 Å². The van der Waals surface area contributed by atoms with Gasteiger partial charge < -0.3 is 19.3 Å². The molecule has 0 saturated carbocycles. The number of esters is 1. The second-order valence-corrected chi connectivity index (χ2v) is 9.27. The molecule has 0 spiro atoms. The SMILES string of the molecule is CCOC(=O)c1cnc(N2CCCCC2)nc1C.COc1nc(N2CCCCC2)ncc1C(C)C. The molecular formula is C26H40N6O3. The van der Waals surface area contributed by atoms with Crippen molar-refractivity contribution in [2.24, 2.45) is 0 Å². The number of aryl methyl sites for hydroxylation is 1. The van der Waals surface area contributed by atoms with Gasteiger partial charge in [-0.1, -0.05) is 13.8 Å². The molecule has 2 aliphatic rings. The van der Waals surface area contributed by atoms with E-state index < -0.39 is 0 Å². The molecule has 35 heavy (non-hydrogen) atoms. The van der Waals surface area contributed by atoms with Crippen LogP contribution >= 0.6 is 0 Å². The van der Waals surface area contributed by atoms with Crippen LogP contribution in [0.3, 0.4) is 0 Å². The Hall–Kier alpha value is -2.97. The second kappa shape index (κ2) is 13.2. The molecule has 0 unspecified atom stereocenters. The molecule has 4 rings (SSSR count). The van der Waals surface area contributed by atoms with E-state index in [-0.39, 0.29) is 5.97 Å². The summed E-state index contributed by atoms with van der Waals surface area (Å²) >= 11 is 0. The topological polar surface area (TPSA) is 93.6 Å². The summed E-state index contributed by atoms with van der Waals surface area (Å²) in [5, 5.41) is 0. The van der Waals surface area contributed by atoms with Gasteiger partial charge in [0.25, 0.3) is 0 Å². The summed E-state index contributed by atoms with van der Waals surface area (Å²) in [6, 6.07) is 0. The fourth-order valence-corrected chi connectivity index (χ4v) is 4.28. The Balaban J connectivity index is 0.000000196. The van der Waals surface area contributed by atoms with Crippen molar-refractivity contribution >= 4 is 17.9 Å². The van der Waals surface area contributed by atoms with E-state index in [9.17, 15) is 4.79 Å². The Labute approximate surface area is 209 Å². The first-order valence-corrected chi connectivity index (χ1v) is 12.9. The van der Waals surface area contributed by atoms with Crippen LogP contribution in [0.5, 0.6) is 5.88 Å². The van der Waals surface area contributed by atoms with Crippen molar-refractivity contribution in [1.82, 2.24) is 19.9 Å². The second-order valence-electron chi connectivity index (χ2n) is 9.27. The highest BCUT2D eigenvalue weighted by molar-refractivity contribution is 5.90. The molecule has 192 valence electrons. The minimum absolute atomic E-state index is 0.347. The van der Waals surface area contributed by atoms with E-state index in [2.05, 4.69) is 43.6 Å². The van der Waals surface area contributed by atoms with Gasteiger partial charge in [-0.3, -0.25) is 0 Å². The molecule has 0 amide bonds. The third kappa shape index (κ3) is 7.26. The number of nitrogens with zero attached hydrogens (tertiary/aromatic N) is 6. The molecule has 2 aromatic rings. The van der Waals surface area contributed by atoms with Gasteiger partial charge in [0.05, 0.1) is 25.0 Å².